The van der Waals surface area contributed by atoms with Gasteiger partial charge in [0.05, 0.1) is 23.3 Å². The monoisotopic (exact) mass is 599 g/mol. The predicted octanol–water partition coefficient (Wildman–Crippen LogP) is 11.4. The number of para-hydroxylation sites is 2. The third-order valence-corrected chi connectivity index (χ3v) is 7.95. The fraction of sp³-hybridized carbons (Fsp3) is 0.0952. The largest absolute Gasteiger partial charge is 0.454 e. The smallest absolute Gasteiger partial charge is 0.160 e. The minimum atomic E-state index is 0.586. The average molecular weight is 600 g/mol. The van der Waals surface area contributed by atoms with E-state index >= 15 is 0 Å². The fourth-order valence-electron chi connectivity index (χ4n) is 5.75. The highest BCUT2D eigenvalue weighted by atomic mass is 16.3. The standard InChI is InChI=1S/C42H37N3O/c1-4-6-7-8-12-20-33(44-30-31-18-10-9-11-19-31)29-32(43-3)21-17-22-34(5-2)45-39-25-15-13-23-35(39)37-27-28-38-36-24-14-16-26-40(36)46-42(38)41(37)45/h4-20,22-29H,3,21,30H2,1-2H3/b6-4-,8-7-,20-12+,22-17-,32-29-,34-5+,44-33?. The van der Waals surface area contributed by atoms with Crippen LogP contribution in [-0.4, -0.2) is 17.0 Å². The summed E-state index contributed by atoms with van der Waals surface area (Å²) in [5.74, 6) is 0. The van der Waals surface area contributed by atoms with Crippen molar-refractivity contribution in [2.24, 2.45) is 9.98 Å². The normalized spacial score (nSPS) is 13.7. The van der Waals surface area contributed by atoms with Gasteiger partial charge in [0, 0.05) is 39.4 Å². The van der Waals surface area contributed by atoms with Crippen LogP contribution in [-0.2, 0) is 6.54 Å². The molecule has 0 unspecified atom stereocenters. The third-order valence-electron chi connectivity index (χ3n) is 7.95. The van der Waals surface area contributed by atoms with Gasteiger partial charge in [-0.05, 0) is 62.6 Å². The van der Waals surface area contributed by atoms with Crippen LogP contribution in [0.1, 0.15) is 25.8 Å². The summed E-state index contributed by atoms with van der Waals surface area (Å²) in [6, 6.07) is 31.4. The molecule has 0 saturated carbocycles. The first-order chi connectivity index (χ1) is 22.7. The molecule has 2 aromatic heterocycles. The molecule has 6 aromatic rings. The lowest BCUT2D eigenvalue weighted by molar-refractivity contribution is 0.671. The number of hydrogen-bond donors (Lipinski definition) is 0. The first-order valence-corrected chi connectivity index (χ1v) is 15.6. The Labute approximate surface area is 270 Å². The van der Waals surface area contributed by atoms with Crippen molar-refractivity contribution < 1.29 is 4.42 Å². The number of fused-ring (bicyclic) bond motifs is 7. The van der Waals surface area contributed by atoms with Crippen molar-refractivity contribution in [2.45, 2.75) is 26.8 Å². The Morgan fingerprint density at radius 1 is 0.761 bits per heavy atom. The number of allylic oxidation sites excluding steroid dienone is 11. The molecule has 0 aliphatic rings. The summed E-state index contributed by atoms with van der Waals surface area (Å²) in [6.45, 7) is 8.53. The van der Waals surface area contributed by atoms with Crippen LogP contribution in [0.3, 0.4) is 0 Å². The molecule has 0 atom stereocenters. The van der Waals surface area contributed by atoms with E-state index in [9.17, 15) is 0 Å². The average Bonchev–Trinajstić information content (AvgIpc) is 3.65. The van der Waals surface area contributed by atoms with E-state index in [0.717, 1.165) is 61.0 Å². The molecule has 0 aliphatic heterocycles. The summed E-state index contributed by atoms with van der Waals surface area (Å²) in [5, 5.41) is 4.59. The lowest BCUT2D eigenvalue weighted by atomic mass is 10.1. The van der Waals surface area contributed by atoms with Crippen molar-refractivity contribution in [2.75, 3.05) is 0 Å². The summed E-state index contributed by atoms with van der Waals surface area (Å²) in [4.78, 5) is 9.24. The molecule has 0 saturated heterocycles. The van der Waals surface area contributed by atoms with E-state index in [1.165, 1.54) is 5.39 Å². The molecule has 2 heterocycles. The molecule has 4 heteroatoms. The van der Waals surface area contributed by atoms with Gasteiger partial charge in [-0.15, -0.1) is 0 Å². The Balaban J connectivity index is 1.35. The number of nitrogens with zero attached hydrogens (tertiary/aromatic N) is 3. The number of aromatic nitrogens is 1. The van der Waals surface area contributed by atoms with Crippen LogP contribution in [0.15, 0.2) is 172 Å². The van der Waals surface area contributed by atoms with E-state index in [1.54, 1.807) is 0 Å². The highest BCUT2D eigenvalue weighted by Gasteiger charge is 2.18. The van der Waals surface area contributed by atoms with Gasteiger partial charge < -0.3 is 8.98 Å². The predicted molar refractivity (Wildman–Crippen MR) is 199 cm³/mol. The van der Waals surface area contributed by atoms with Crippen molar-refractivity contribution in [1.29, 1.82) is 0 Å². The first kappa shape index (κ1) is 30.3. The van der Waals surface area contributed by atoms with E-state index in [0.29, 0.717) is 13.0 Å². The lowest BCUT2D eigenvalue weighted by Gasteiger charge is -2.09. The van der Waals surface area contributed by atoms with Gasteiger partial charge in [-0.1, -0.05) is 115 Å². The maximum atomic E-state index is 6.51. The van der Waals surface area contributed by atoms with Gasteiger partial charge >= 0.3 is 0 Å². The number of furan rings is 1. The molecule has 6 rings (SSSR count). The number of rotatable bonds is 11. The molecular formula is C42H37N3O. The fourth-order valence-corrected chi connectivity index (χ4v) is 5.75. The highest BCUT2D eigenvalue weighted by Crippen LogP contribution is 2.40. The molecule has 4 aromatic carbocycles. The SMILES string of the molecule is C=N/C(=C\C(/C=C/C=C\C=C/C)=NCc1ccccc1)C/C=C\C(=C/C)n1c2ccccc2c2ccc3c4ccccc4oc3c21. The van der Waals surface area contributed by atoms with Gasteiger partial charge in [-0.3, -0.25) is 9.98 Å². The van der Waals surface area contributed by atoms with Crippen LogP contribution in [0.4, 0.5) is 0 Å². The van der Waals surface area contributed by atoms with Crippen molar-refractivity contribution in [1.82, 2.24) is 4.57 Å². The third kappa shape index (κ3) is 6.38. The van der Waals surface area contributed by atoms with Crippen LogP contribution >= 0.6 is 0 Å². The molecule has 4 nitrogen and oxygen atoms in total. The molecule has 0 aliphatic carbocycles. The Bertz CT molecular complexity index is 2230. The van der Waals surface area contributed by atoms with Crippen molar-refractivity contribution in [3.8, 4) is 0 Å². The molecule has 0 spiro atoms. The van der Waals surface area contributed by atoms with Crippen LogP contribution in [0.2, 0.25) is 0 Å². The zero-order valence-corrected chi connectivity index (χ0v) is 26.3. The zero-order chi connectivity index (χ0) is 31.7. The van der Waals surface area contributed by atoms with Gasteiger partial charge in [0.2, 0.25) is 0 Å². The second-order valence-electron chi connectivity index (χ2n) is 10.9. The van der Waals surface area contributed by atoms with Crippen LogP contribution in [0.5, 0.6) is 0 Å². The van der Waals surface area contributed by atoms with E-state index in [-0.39, 0.29) is 0 Å². The van der Waals surface area contributed by atoms with E-state index in [4.69, 9.17) is 9.41 Å². The summed E-state index contributed by atoms with van der Waals surface area (Å²) < 4.78 is 8.82. The van der Waals surface area contributed by atoms with Crippen LogP contribution < -0.4 is 0 Å². The quantitative estimate of drug-likeness (QED) is 0.108. The molecule has 0 amide bonds. The van der Waals surface area contributed by atoms with Crippen LogP contribution in [0.25, 0.3) is 49.4 Å². The first-order valence-electron chi connectivity index (χ1n) is 15.6. The van der Waals surface area contributed by atoms with E-state index in [1.807, 2.05) is 79.8 Å². The minimum Gasteiger partial charge on any atom is -0.454 e. The summed E-state index contributed by atoms with van der Waals surface area (Å²) >= 11 is 0. The summed E-state index contributed by atoms with van der Waals surface area (Å²) in [7, 11) is 0. The highest BCUT2D eigenvalue weighted by molar-refractivity contribution is 6.22. The summed E-state index contributed by atoms with van der Waals surface area (Å²) in [6.07, 6.45) is 21.0. The molecule has 46 heavy (non-hydrogen) atoms. The Hall–Kier alpha value is -5.74. The molecule has 0 fully saturated rings. The van der Waals surface area contributed by atoms with Gasteiger partial charge in [-0.25, -0.2) is 0 Å². The van der Waals surface area contributed by atoms with Crippen molar-refractivity contribution >= 4 is 61.9 Å². The molecule has 0 bridgehead atoms. The molecule has 226 valence electrons. The molecule has 0 radical (unpaired) electrons. The van der Waals surface area contributed by atoms with Crippen molar-refractivity contribution in [3.63, 3.8) is 0 Å². The van der Waals surface area contributed by atoms with Gasteiger partial charge in [-0.2, -0.15) is 0 Å². The topological polar surface area (TPSA) is 42.8 Å². The number of hydrogen-bond acceptors (Lipinski definition) is 3. The second kappa shape index (κ2) is 14.4. The van der Waals surface area contributed by atoms with Gasteiger partial charge in [0.15, 0.2) is 5.58 Å². The second-order valence-corrected chi connectivity index (χ2v) is 10.9. The maximum Gasteiger partial charge on any atom is 0.160 e. The molecular weight excluding hydrogens is 562 g/mol. The summed E-state index contributed by atoms with van der Waals surface area (Å²) in [5.41, 5.74) is 7.86. The number of benzene rings is 4. The minimum absolute atomic E-state index is 0.586. The van der Waals surface area contributed by atoms with Gasteiger partial charge in [0.1, 0.15) is 5.58 Å². The van der Waals surface area contributed by atoms with Crippen molar-refractivity contribution in [3.05, 3.63) is 163 Å². The lowest BCUT2D eigenvalue weighted by Crippen LogP contribution is -1.95. The van der Waals surface area contributed by atoms with E-state index < -0.39 is 0 Å². The number of aliphatic imine (C=N–C) groups is 2. The zero-order valence-electron chi connectivity index (χ0n) is 26.3. The van der Waals surface area contributed by atoms with Crippen LogP contribution in [0, 0.1) is 0 Å². The van der Waals surface area contributed by atoms with Gasteiger partial charge in [0.25, 0.3) is 0 Å². The Kier molecular flexibility index (Phi) is 9.46. The Morgan fingerprint density at radius 3 is 2.30 bits per heavy atom. The van der Waals surface area contributed by atoms with E-state index in [2.05, 4.69) is 102 Å². The maximum absolute atomic E-state index is 6.51. The molecule has 0 N–H and O–H groups in total. The Morgan fingerprint density at radius 2 is 1.50 bits per heavy atom.